The smallest absolute Gasteiger partial charge is 0.333 e. The van der Waals surface area contributed by atoms with E-state index in [-0.39, 0.29) is 0 Å². The highest BCUT2D eigenvalue weighted by Gasteiger charge is 2.27. The lowest BCUT2D eigenvalue weighted by molar-refractivity contribution is -0.153. The standard InChI is InChI=1S/C16H22O5/c1-3-21-14-9-7-12(8-10-14)5-4-6-13(11-17)15(20-2)16(18)19/h7-11,13,15H,3-6H2,1-2H3,(H,18,19)/t13-,15-/m0/s1. The molecule has 1 aromatic rings. The van der Waals surface area contributed by atoms with Crippen molar-refractivity contribution in [3.63, 3.8) is 0 Å². The van der Waals surface area contributed by atoms with Crippen LogP contribution in [-0.4, -0.2) is 37.2 Å². The van der Waals surface area contributed by atoms with Crippen LogP contribution in [0.3, 0.4) is 0 Å². The molecule has 0 amide bonds. The van der Waals surface area contributed by atoms with Gasteiger partial charge in [0, 0.05) is 7.11 Å². The van der Waals surface area contributed by atoms with Gasteiger partial charge in [-0.05, 0) is 43.9 Å². The van der Waals surface area contributed by atoms with Gasteiger partial charge in [0.25, 0.3) is 0 Å². The molecule has 0 aliphatic carbocycles. The average Bonchev–Trinajstić information content (AvgIpc) is 2.48. The zero-order valence-corrected chi connectivity index (χ0v) is 12.5. The number of ether oxygens (including phenoxy) is 2. The van der Waals surface area contributed by atoms with Gasteiger partial charge < -0.3 is 19.4 Å². The average molecular weight is 294 g/mol. The van der Waals surface area contributed by atoms with E-state index in [1.807, 2.05) is 31.2 Å². The van der Waals surface area contributed by atoms with Crippen molar-refractivity contribution in [2.24, 2.45) is 5.92 Å². The summed E-state index contributed by atoms with van der Waals surface area (Å²) in [6.45, 7) is 2.57. The number of carboxylic acids is 1. The lowest BCUT2D eigenvalue weighted by atomic mass is 9.95. The molecular weight excluding hydrogens is 272 g/mol. The van der Waals surface area contributed by atoms with Crippen molar-refractivity contribution in [3.05, 3.63) is 29.8 Å². The Labute approximate surface area is 124 Å². The van der Waals surface area contributed by atoms with Gasteiger partial charge >= 0.3 is 5.97 Å². The summed E-state index contributed by atoms with van der Waals surface area (Å²) in [7, 11) is 1.31. The highest BCUT2D eigenvalue weighted by atomic mass is 16.5. The van der Waals surface area contributed by atoms with Gasteiger partial charge in [-0.2, -0.15) is 0 Å². The van der Waals surface area contributed by atoms with E-state index in [0.29, 0.717) is 19.3 Å². The number of aldehydes is 1. The lowest BCUT2D eigenvalue weighted by Crippen LogP contribution is -2.32. The Hall–Kier alpha value is -1.88. The van der Waals surface area contributed by atoms with Gasteiger partial charge in [0.1, 0.15) is 12.0 Å². The molecule has 0 aliphatic heterocycles. The van der Waals surface area contributed by atoms with Crippen LogP contribution >= 0.6 is 0 Å². The predicted octanol–water partition coefficient (Wildman–Crippen LogP) is 2.32. The van der Waals surface area contributed by atoms with Crippen molar-refractivity contribution >= 4 is 12.3 Å². The van der Waals surface area contributed by atoms with Gasteiger partial charge in [0.05, 0.1) is 12.5 Å². The number of carbonyl (C=O) groups is 2. The first kappa shape index (κ1) is 17.2. The molecule has 5 heteroatoms. The molecule has 5 nitrogen and oxygen atoms in total. The fourth-order valence-electron chi connectivity index (χ4n) is 2.21. The summed E-state index contributed by atoms with van der Waals surface area (Å²) in [5.74, 6) is -0.886. The van der Waals surface area contributed by atoms with Crippen LogP contribution in [0.1, 0.15) is 25.3 Å². The topological polar surface area (TPSA) is 72.8 Å². The van der Waals surface area contributed by atoms with Crippen LogP contribution in [0.2, 0.25) is 0 Å². The van der Waals surface area contributed by atoms with Crippen LogP contribution in [0.4, 0.5) is 0 Å². The molecule has 0 bridgehead atoms. The van der Waals surface area contributed by atoms with E-state index in [1.165, 1.54) is 7.11 Å². The van der Waals surface area contributed by atoms with Crippen LogP contribution in [-0.2, 0) is 20.7 Å². The molecule has 116 valence electrons. The molecule has 0 spiro atoms. The van der Waals surface area contributed by atoms with Gasteiger partial charge in [0.2, 0.25) is 0 Å². The van der Waals surface area contributed by atoms with E-state index in [9.17, 15) is 9.59 Å². The van der Waals surface area contributed by atoms with Crippen molar-refractivity contribution in [1.29, 1.82) is 0 Å². The molecule has 0 fully saturated rings. The number of aliphatic carboxylic acids is 1. The normalized spacial score (nSPS) is 13.4. The van der Waals surface area contributed by atoms with Gasteiger partial charge in [0.15, 0.2) is 6.10 Å². The second-order valence-electron chi connectivity index (χ2n) is 4.76. The molecule has 21 heavy (non-hydrogen) atoms. The maximum absolute atomic E-state index is 11.0. The Balaban J connectivity index is 2.47. The first-order valence-electron chi connectivity index (χ1n) is 7.05. The zero-order chi connectivity index (χ0) is 15.7. The number of benzene rings is 1. The van der Waals surface area contributed by atoms with E-state index in [2.05, 4.69) is 0 Å². The molecule has 0 heterocycles. The highest BCUT2D eigenvalue weighted by molar-refractivity contribution is 5.77. The van der Waals surface area contributed by atoms with Crippen molar-refractivity contribution in [2.45, 2.75) is 32.3 Å². The Morgan fingerprint density at radius 2 is 2.00 bits per heavy atom. The molecule has 2 atom stereocenters. The van der Waals surface area contributed by atoms with E-state index in [0.717, 1.165) is 24.2 Å². The first-order chi connectivity index (χ1) is 10.1. The predicted molar refractivity (Wildman–Crippen MR) is 78.5 cm³/mol. The number of rotatable bonds is 10. The van der Waals surface area contributed by atoms with Crippen molar-refractivity contribution in [2.75, 3.05) is 13.7 Å². The maximum atomic E-state index is 11.0. The summed E-state index contributed by atoms with van der Waals surface area (Å²) in [4.78, 5) is 22.0. The summed E-state index contributed by atoms with van der Waals surface area (Å²) in [6.07, 6.45) is 1.60. The molecular formula is C16H22O5. The molecule has 0 saturated carbocycles. The van der Waals surface area contributed by atoms with Crippen molar-refractivity contribution in [1.82, 2.24) is 0 Å². The third-order valence-electron chi connectivity index (χ3n) is 3.30. The fraction of sp³-hybridized carbons (Fsp3) is 0.500. The molecule has 1 N–H and O–H groups in total. The largest absolute Gasteiger partial charge is 0.494 e. The van der Waals surface area contributed by atoms with E-state index < -0.39 is 18.0 Å². The monoisotopic (exact) mass is 294 g/mol. The van der Waals surface area contributed by atoms with Crippen LogP contribution in [0.25, 0.3) is 0 Å². The van der Waals surface area contributed by atoms with Crippen molar-refractivity contribution in [3.8, 4) is 5.75 Å². The first-order valence-corrected chi connectivity index (χ1v) is 7.05. The number of carbonyl (C=O) groups excluding carboxylic acids is 1. The van der Waals surface area contributed by atoms with E-state index in [1.54, 1.807) is 0 Å². The molecule has 1 aromatic carbocycles. The Kier molecular flexibility index (Phi) is 7.46. The number of aryl methyl sites for hydroxylation is 1. The van der Waals surface area contributed by atoms with Gasteiger partial charge in [-0.25, -0.2) is 4.79 Å². The molecule has 0 aromatic heterocycles. The van der Waals surface area contributed by atoms with Crippen LogP contribution < -0.4 is 4.74 Å². The zero-order valence-electron chi connectivity index (χ0n) is 12.5. The van der Waals surface area contributed by atoms with Crippen LogP contribution in [0.5, 0.6) is 5.75 Å². The van der Waals surface area contributed by atoms with Gasteiger partial charge in [-0.3, -0.25) is 0 Å². The Morgan fingerprint density at radius 1 is 1.33 bits per heavy atom. The summed E-state index contributed by atoms with van der Waals surface area (Å²) >= 11 is 0. The number of methoxy groups -OCH3 is 1. The molecule has 0 saturated heterocycles. The summed E-state index contributed by atoms with van der Waals surface area (Å²) < 4.78 is 10.2. The minimum atomic E-state index is -1.10. The van der Waals surface area contributed by atoms with Gasteiger partial charge in [-0.1, -0.05) is 12.1 Å². The highest BCUT2D eigenvalue weighted by Crippen LogP contribution is 2.17. The van der Waals surface area contributed by atoms with E-state index >= 15 is 0 Å². The van der Waals surface area contributed by atoms with Crippen molar-refractivity contribution < 1.29 is 24.2 Å². The maximum Gasteiger partial charge on any atom is 0.333 e. The quantitative estimate of drug-likeness (QED) is 0.670. The second-order valence-corrected chi connectivity index (χ2v) is 4.76. The number of hydrogen-bond acceptors (Lipinski definition) is 4. The van der Waals surface area contributed by atoms with E-state index in [4.69, 9.17) is 14.6 Å². The molecule has 0 radical (unpaired) electrons. The summed E-state index contributed by atoms with van der Waals surface area (Å²) in [5, 5.41) is 8.97. The number of hydrogen-bond donors (Lipinski definition) is 1. The minimum absolute atomic E-state index is 0.488. The summed E-state index contributed by atoms with van der Waals surface area (Å²) in [5.41, 5.74) is 1.13. The van der Waals surface area contributed by atoms with Crippen LogP contribution in [0.15, 0.2) is 24.3 Å². The Morgan fingerprint density at radius 3 is 2.48 bits per heavy atom. The lowest BCUT2D eigenvalue weighted by Gasteiger charge is -2.17. The SMILES string of the molecule is CCOc1ccc(CCC[C@@H](C=O)[C@H](OC)C(=O)O)cc1. The molecule has 0 unspecified atom stereocenters. The second kappa shape index (κ2) is 9.13. The Bertz CT molecular complexity index is 440. The molecule has 0 aliphatic rings. The minimum Gasteiger partial charge on any atom is -0.494 e. The number of carboxylic acid groups (broad SMARTS) is 1. The molecule has 1 rings (SSSR count). The van der Waals surface area contributed by atoms with Crippen LogP contribution in [0, 0.1) is 5.92 Å². The third kappa shape index (κ3) is 5.55. The van der Waals surface area contributed by atoms with Gasteiger partial charge in [-0.15, -0.1) is 0 Å². The third-order valence-corrected chi connectivity index (χ3v) is 3.30. The summed E-state index contributed by atoms with van der Waals surface area (Å²) in [6, 6.07) is 7.77. The fourth-order valence-corrected chi connectivity index (χ4v) is 2.21.